The Labute approximate surface area is 315 Å². The first-order chi connectivity index (χ1) is 20.9. The summed E-state index contributed by atoms with van der Waals surface area (Å²) in [6, 6.07) is 0. The molecule has 0 aromatic rings. The number of hydrogen-bond donors (Lipinski definition) is 2. The molecule has 0 spiro atoms. The fraction of sp³-hybridized carbons (Fsp3) is 0.970. The van der Waals surface area contributed by atoms with Crippen molar-refractivity contribution in [2.75, 3.05) is 26.2 Å². The second kappa shape index (κ2) is 18.4. The predicted octanol–water partition coefficient (Wildman–Crippen LogP) is 3.66. The van der Waals surface area contributed by atoms with Crippen LogP contribution >= 0.6 is 0 Å². The van der Waals surface area contributed by atoms with Crippen molar-refractivity contribution in [1.82, 2.24) is 5.32 Å². The van der Waals surface area contributed by atoms with Gasteiger partial charge in [-0.3, -0.25) is 9.18 Å². The summed E-state index contributed by atoms with van der Waals surface area (Å²) >= 11 is 0. The molecule has 4 aliphatic carbocycles. The molecule has 0 aliphatic heterocycles. The van der Waals surface area contributed by atoms with Gasteiger partial charge in [0.15, 0.2) is 0 Å². The first-order valence-corrected chi connectivity index (χ1v) is 18.8. The minimum absolute atomic E-state index is 0. The molecule has 4 aliphatic rings. The Morgan fingerprint density at radius 1 is 1.09 bits per heavy atom. The van der Waals surface area contributed by atoms with Crippen LogP contribution in [0.4, 0.5) is 0 Å². The monoisotopic (exact) mass is 675 g/mol. The topological polar surface area (TPSA) is 160 Å². The summed E-state index contributed by atoms with van der Waals surface area (Å²) in [5.41, 5.74) is 9.96. The second-order valence-electron chi connectivity index (χ2n) is 15.1. The zero-order chi connectivity index (χ0) is 31.9. The number of aliphatic hydroxyl groups is 1. The molecule has 4 saturated carbocycles. The first-order valence-electron chi connectivity index (χ1n) is 17.5. The molecule has 0 radical (unpaired) electrons. The van der Waals surface area contributed by atoms with Gasteiger partial charge in [0, 0.05) is 23.7 Å². The quantitative estimate of drug-likeness (QED) is 0.0483. The van der Waals surface area contributed by atoms with Crippen LogP contribution in [0.1, 0.15) is 111 Å². The molecule has 0 bridgehead atoms. The maximum absolute atomic E-state index is 11.7. The molecule has 0 aromatic heterocycles. The van der Waals surface area contributed by atoms with Crippen molar-refractivity contribution in [2.24, 2.45) is 62.9 Å². The van der Waals surface area contributed by atoms with E-state index in [9.17, 15) is 18.1 Å². The average Bonchev–Trinajstić information content (AvgIpc) is 3.40. The van der Waals surface area contributed by atoms with E-state index in [0.717, 1.165) is 64.6 Å². The van der Waals surface area contributed by atoms with Crippen LogP contribution in [0.2, 0.25) is 0 Å². The summed E-state index contributed by atoms with van der Waals surface area (Å²) in [5, 5.41) is 18.7. The van der Waals surface area contributed by atoms with Gasteiger partial charge in [0.2, 0.25) is 10.4 Å². The molecule has 12 heteroatoms. The first kappa shape index (κ1) is 39.8. The molecule has 4 fully saturated rings. The SMILES string of the molecule is CC(C)[C@@H](CC[C@@H](C)[C@H]1CCC2C3C(CCC21)[C@@]1(C)CCC(=NCCCNCCCCN=[N+]=[N-])C[C@@H]1C[C@H]3O)OS(=O)(=O)[O-].[K+]. The molecule has 252 valence electrons. The van der Waals surface area contributed by atoms with E-state index in [2.05, 4.69) is 29.2 Å². The fourth-order valence-corrected chi connectivity index (χ4v) is 10.5. The van der Waals surface area contributed by atoms with Crippen LogP contribution in [0, 0.1) is 52.8 Å². The Balaban J connectivity index is 0.00000552. The van der Waals surface area contributed by atoms with E-state index in [-0.39, 0.29) is 68.8 Å². The minimum atomic E-state index is -4.70. The van der Waals surface area contributed by atoms with Crippen molar-refractivity contribution in [3.63, 3.8) is 0 Å². The van der Waals surface area contributed by atoms with Gasteiger partial charge in [-0.1, -0.05) is 32.8 Å². The van der Waals surface area contributed by atoms with Crippen molar-refractivity contribution in [2.45, 2.75) is 123 Å². The Kier molecular flexibility index (Phi) is 16.3. The smallest absolute Gasteiger partial charge is 0.726 e. The van der Waals surface area contributed by atoms with Crippen LogP contribution < -0.4 is 56.7 Å². The summed E-state index contributed by atoms with van der Waals surface area (Å²) < 4.78 is 38.6. The summed E-state index contributed by atoms with van der Waals surface area (Å²) in [7, 11) is -4.70. The number of hydrogen-bond acceptors (Lipinski definition) is 8. The maximum Gasteiger partial charge on any atom is 1.00 e. The Morgan fingerprint density at radius 2 is 1.82 bits per heavy atom. The molecule has 4 unspecified atom stereocenters. The van der Waals surface area contributed by atoms with Gasteiger partial charge in [-0.05, 0) is 155 Å². The van der Waals surface area contributed by atoms with Gasteiger partial charge in [0.1, 0.15) is 0 Å². The van der Waals surface area contributed by atoms with Crippen molar-refractivity contribution in [3.05, 3.63) is 10.4 Å². The molecule has 0 heterocycles. The number of unbranched alkanes of at least 4 members (excludes halogenated alkanes) is 1. The standard InChI is InChI=1S/C33H59N5O5S.K/c1-22(2)31(43-44(40,41)42)13-8-23(3)26-9-10-28-27(26)11-12-29-32(28)30(39)21-24-20-25(14-15-33(24,29)4)36-18-7-17-35-16-5-6-19-37-38-34;/h22-24,26-32,35,39H,5-21H2,1-4H3,(H,40,41,42);/q;+1/p-1/t23-,24-,26-,27?,28?,29?,30-,31-,32?,33+;/m1./s1. The molecule has 2 N–H and O–H groups in total. The summed E-state index contributed by atoms with van der Waals surface area (Å²) in [4.78, 5) is 7.80. The fourth-order valence-electron chi connectivity index (χ4n) is 9.93. The van der Waals surface area contributed by atoms with Gasteiger partial charge in [0.25, 0.3) is 0 Å². The van der Waals surface area contributed by atoms with Gasteiger partial charge in [-0.25, -0.2) is 8.42 Å². The number of rotatable bonds is 16. The van der Waals surface area contributed by atoms with Crippen molar-refractivity contribution >= 4 is 16.1 Å². The second-order valence-corrected chi connectivity index (χ2v) is 16.1. The van der Waals surface area contributed by atoms with E-state index in [1.807, 2.05) is 13.8 Å². The van der Waals surface area contributed by atoms with Gasteiger partial charge >= 0.3 is 51.4 Å². The van der Waals surface area contributed by atoms with Crippen LogP contribution in [-0.4, -0.2) is 62.2 Å². The zero-order valence-corrected chi connectivity index (χ0v) is 32.5. The molecular weight excluding hydrogens is 618 g/mol. The third-order valence-electron chi connectivity index (χ3n) is 12.3. The van der Waals surface area contributed by atoms with Gasteiger partial charge < -0.3 is 15.0 Å². The van der Waals surface area contributed by atoms with Crippen molar-refractivity contribution < 1.29 is 73.6 Å². The minimum Gasteiger partial charge on any atom is -0.726 e. The van der Waals surface area contributed by atoms with Crippen molar-refractivity contribution in [1.29, 1.82) is 0 Å². The number of aliphatic hydroxyl groups excluding tert-OH is 1. The van der Waals surface area contributed by atoms with Crippen LogP contribution in [-0.2, 0) is 14.6 Å². The van der Waals surface area contributed by atoms with E-state index in [1.165, 1.54) is 37.8 Å². The van der Waals surface area contributed by atoms with Gasteiger partial charge in [-0.2, -0.15) is 0 Å². The van der Waals surface area contributed by atoms with Crippen LogP contribution in [0.5, 0.6) is 0 Å². The van der Waals surface area contributed by atoms with E-state index in [0.29, 0.717) is 54.4 Å². The molecule has 45 heavy (non-hydrogen) atoms. The molecule has 4 rings (SSSR count). The number of nitrogens with one attached hydrogen (secondary N) is 1. The molecule has 10 nitrogen and oxygen atoms in total. The predicted molar refractivity (Wildman–Crippen MR) is 173 cm³/mol. The average molecular weight is 676 g/mol. The van der Waals surface area contributed by atoms with Crippen molar-refractivity contribution in [3.8, 4) is 0 Å². The summed E-state index contributed by atoms with van der Waals surface area (Å²) in [5.74, 6) is 3.69. The number of fused-ring (bicyclic) bond motifs is 5. The van der Waals surface area contributed by atoms with E-state index in [1.54, 1.807) is 0 Å². The van der Waals surface area contributed by atoms with E-state index >= 15 is 0 Å². The summed E-state index contributed by atoms with van der Waals surface area (Å²) in [6.07, 6.45) is 12.6. The van der Waals surface area contributed by atoms with Gasteiger partial charge in [-0.15, -0.1) is 0 Å². The number of azide groups is 1. The van der Waals surface area contributed by atoms with Crippen LogP contribution in [0.15, 0.2) is 10.1 Å². The molecule has 0 aromatic carbocycles. The summed E-state index contributed by atoms with van der Waals surface area (Å²) in [6.45, 7) is 12.0. The van der Waals surface area contributed by atoms with Crippen LogP contribution in [0.3, 0.4) is 0 Å². The molecule has 0 saturated heterocycles. The normalized spacial score (nSPS) is 35.1. The Hall–Kier alpha value is 0.406. The van der Waals surface area contributed by atoms with E-state index in [4.69, 9.17) is 14.7 Å². The van der Waals surface area contributed by atoms with Gasteiger partial charge in [0.05, 0.1) is 12.2 Å². The maximum atomic E-state index is 11.7. The number of aliphatic imine (C=N–C) groups is 1. The molecular formula is C33H58KN5O5S. The molecule has 0 amide bonds. The zero-order valence-electron chi connectivity index (χ0n) is 28.6. The Morgan fingerprint density at radius 3 is 2.53 bits per heavy atom. The largest absolute Gasteiger partial charge is 1.00 e. The van der Waals surface area contributed by atoms with Crippen LogP contribution in [0.25, 0.3) is 10.4 Å². The molecule has 10 atom stereocenters. The Bertz CT molecular complexity index is 1120. The van der Waals surface area contributed by atoms with E-state index < -0.39 is 16.5 Å². The third-order valence-corrected chi connectivity index (χ3v) is 12.8. The number of nitrogens with zero attached hydrogens (tertiary/aromatic N) is 4. The third kappa shape index (κ3) is 10.7.